The maximum Gasteiger partial charge on any atom is 0.256 e. The van der Waals surface area contributed by atoms with E-state index in [0.29, 0.717) is 21.8 Å². The maximum atomic E-state index is 13.6. The summed E-state index contributed by atoms with van der Waals surface area (Å²) in [7, 11) is 0. The smallest absolute Gasteiger partial charge is 0.256 e. The van der Waals surface area contributed by atoms with Crippen LogP contribution in [0.25, 0.3) is 11.6 Å². The molecule has 0 aliphatic carbocycles. The molecular formula is C15H9ClFNO. The number of anilines is 1. The summed E-state index contributed by atoms with van der Waals surface area (Å²) in [5.74, 6) is -0.606. The summed E-state index contributed by atoms with van der Waals surface area (Å²) >= 11 is 5.87. The van der Waals surface area contributed by atoms with E-state index in [9.17, 15) is 9.18 Å². The van der Waals surface area contributed by atoms with Gasteiger partial charge in [0, 0.05) is 21.7 Å². The van der Waals surface area contributed by atoms with E-state index in [2.05, 4.69) is 5.32 Å². The highest BCUT2D eigenvalue weighted by molar-refractivity contribution is 6.36. The molecular weight excluding hydrogens is 265 g/mol. The van der Waals surface area contributed by atoms with E-state index >= 15 is 0 Å². The first-order valence-electron chi connectivity index (χ1n) is 5.72. The number of nitrogens with one attached hydrogen (secondary N) is 1. The van der Waals surface area contributed by atoms with E-state index in [0.717, 1.165) is 5.56 Å². The molecule has 0 radical (unpaired) electrons. The van der Waals surface area contributed by atoms with Crippen LogP contribution in [0.15, 0.2) is 42.5 Å². The fourth-order valence-corrected chi connectivity index (χ4v) is 2.23. The lowest BCUT2D eigenvalue weighted by Crippen LogP contribution is -2.03. The van der Waals surface area contributed by atoms with Crippen molar-refractivity contribution in [1.82, 2.24) is 0 Å². The molecule has 1 aliphatic heterocycles. The number of hydrogen-bond donors (Lipinski definition) is 1. The fraction of sp³-hybridized carbons (Fsp3) is 0. The van der Waals surface area contributed by atoms with Crippen molar-refractivity contribution in [3.8, 4) is 0 Å². The Morgan fingerprint density at radius 2 is 1.95 bits per heavy atom. The van der Waals surface area contributed by atoms with Gasteiger partial charge in [0.1, 0.15) is 5.82 Å². The summed E-state index contributed by atoms with van der Waals surface area (Å²) in [6.07, 6.45) is 1.55. The molecule has 0 unspecified atom stereocenters. The van der Waals surface area contributed by atoms with E-state index in [1.807, 2.05) is 0 Å². The molecule has 0 atom stereocenters. The predicted molar refractivity (Wildman–Crippen MR) is 74.4 cm³/mol. The minimum atomic E-state index is -0.356. The molecule has 1 heterocycles. The SMILES string of the molecule is O=C1Nc2cc(Cl)ccc2/C1=C/c1ccccc1F. The molecule has 2 aromatic carbocycles. The van der Waals surface area contributed by atoms with Gasteiger partial charge in [0.15, 0.2) is 0 Å². The molecule has 3 rings (SSSR count). The molecule has 1 N–H and O–H groups in total. The molecule has 0 saturated carbocycles. The van der Waals surface area contributed by atoms with Gasteiger partial charge in [-0.15, -0.1) is 0 Å². The molecule has 0 aromatic heterocycles. The van der Waals surface area contributed by atoms with Crippen molar-refractivity contribution >= 4 is 34.8 Å². The predicted octanol–water partition coefficient (Wildman–Crippen LogP) is 3.97. The maximum absolute atomic E-state index is 13.6. The summed E-state index contributed by atoms with van der Waals surface area (Å²) in [6.45, 7) is 0. The number of benzene rings is 2. The van der Waals surface area contributed by atoms with Crippen LogP contribution in [-0.2, 0) is 4.79 Å². The second-order valence-corrected chi connectivity index (χ2v) is 4.66. The molecule has 4 heteroatoms. The van der Waals surface area contributed by atoms with Crippen LogP contribution in [0.2, 0.25) is 5.02 Å². The highest BCUT2D eigenvalue weighted by Crippen LogP contribution is 2.35. The fourth-order valence-electron chi connectivity index (χ4n) is 2.06. The van der Waals surface area contributed by atoms with Crippen LogP contribution in [0.3, 0.4) is 0 Å². The lowest BCUT2D eigenvalue weighted by molar-refractivity contribution is -0.110. The lowest BCUT2D eigenvalue weighted by Gasteiger charge is -2.00. The minimum absolute atomic E-state index is 0.250. The Labute approximate surface area is 114 Å². The Kier molecular flexibility index (Phi) is 2.84. The topological polar surface area (TPSA) is 29.1 Å². The number of hydrogen-bond acceptors (Lipinski definition) is 1. The Bertz CT molecular complexity index is 709. The molecule has 1 amide bonds. The van der Waals surface area contributed by atoms with Crippen molar-refractivity contribution < 1.29 is 9.18 Å². The normalized spacial score (nSPS) is 15.5. The monoisotopic (exact) mass is 273 g/mol. The van der Waals surface area contributed by atoms with Crippen molar-refractivity contribution in [2.45, 2.75) is 0 Å². The van der Waals surface area contributed by atoms with Gasteiger partial charge in [0.05, 0.1) is 5.69 Å². The van der Waals surface area contributed by atoms with Crippen LogP contribution in [0.1, 0.15) is 11.1 Å². The van der Waals surface area contributed by atoms with Gasteiger partial charge in [0.2, 0.25) is 0 Å². The van der Waals surface area contributed by atoms with E-state index in [1.54, 1.807) is 42.5 Å². The molecule has 94 valence electrons. The Balaban J connectivity index is 2.12. The first-order valence-corrected chi connectivity index (χ1v) is 6.10. The first-order chi connectivity index (χ1) is 9.15. The van der Waals surface area contributed by atoms with Crippen LogP contribution in [0.4, 0.5) is 10.1 Å². The number of carbonyl (C=O) groups excluding carboxylic acids is 1. The molecule has 1 aliphatic rings. The minimum Gasteiger partial charge on any atom is -0.321 e. The molecule has 0 saturated heterocycles. The van der Waals surface area contributed by atoms with E-state index in [-0.39, 0.29) is 11.7 Å². The summed E-state index contributed by atoms with van der Waals surface area (Å²) in [6, 6.07) is 11.5. The molecule has 2 nitrogen and oxygen atoms in total. The van der Waals surface area contributed by atoms with Crippen LogP contribution in [0, 0.1) is 5.82 Å². The molecule has 0 fully saturated rings. The van der Waals surface area contributed by atoms with E-state index in [1.165, 1.54) is 6.07 Å². The quantitative estimate of drug-likeness (QED) is 0.783. The van der Waals surface area contributed by atoms with Crippen LogP contribution in [0.5, 0.6) is 0 Å². The van der Waals surface area contributed by atoms with Crippen LogP contribution in [-0.4, -0.2) is 5.91 Å². The highest BCUT2D eigenvalue weighted by atomic mass is 35.5. The zero-order valence-electron chi connectivity index (χ0n) is 9.78. The zero-order chi connectivity index (χ0) is 13.4. The van der Waals surface area contributed by atoms with Gasteiger partial charge in [0.25, 0.3) is 5.91 Å². The average molecular weight is 274 g/mol. The molecule has 2 aromatic rings. The molecule has 0 spiro atoms. The average Bonchev–Trinajstić information content (AvgIpc) is 2.68. The van der Waals surface area contributed by atoms with Gasteiger partial charge in [-0.05, 0) is 24.3 Å². The molecule has 0 bridgehead atoms. The zero-order valence-corrected chi connectivity index (χ0v) is 10.5. The summed E-state index contributed by atoms with van der Waals surface area (Å²) in [5.41, 5.74) is 2.21. The summed E-state index contributed by atoms with van der Waals surface area (Å²) < 4.78 is 13.6. The van der Waals surface area contributed by atoms with Crippen molar-refractivity contribution in [3.05, 3.63) is 64.4 Å². The van der Waals surface area contributed by atoms with Gasteiger partial charge in [-0.2, -0.15) is 0 Å². The van der Waals surface area contributed by atoms with Crippen molar-refractivity contribution in [2.75, 3.05) is 5.32 Å². The Morgan fingerprint density at radius 3 is 2.74 bits per heavy atom. The third-order valence-electron chi connectivity index (χ3n) is 2.97. The van der Waals surface area contributed by atoms with Gasteiger partial charge >= 0.3 is 0 Å². The van der Waals surface area contributed by atoms with Crippen molar-refractivity contribution in [1.29, 1.82) is 0 Å². The largest absolute Gasteiger partial charge is 0.321 e. The van der Waals surface area contributed by atoms with Gasteiger partial charge in [-0.3, -0.25) is 4.79 Å². The number of fused-ring (bicyclic) bond motifs is 1. The summed E-state index contributed by atoms with van der Waals surface area (Å²) in [4.78, 5) is 11.9. The van der Waals surface area contributed by atoms with Crippen molar-refractivity contribution in [2.24, 2.45) is 0 Å². The number of amides is 1. The second-order valence-electron chi connectivity index (χ2n) is 4.22. The highest BCUT2D eigenvalue weighted by Gasteiger charge is 2.24. The molecule has 19 heavy (non-hydrogen) atoms. The number of halogens is 2. The van der Waals surface area contributed by atoms with Gasteiger partial charge < -0.3 is 5.32 Å². The van der Waals surface area contributed by atoms with Crippen LogP contribution >= 0.6 is 11.6 Å². The van der Waals surface area contributed by atoms with Gasteiger partial charge in [-0.1, -0.05) is 35.9 Å². The standard InChI is InChI=1S/C15H9ClFNO/c16-10-5-6-11-12(15(19)18-14(11)8-10)7-9-3-1-2-4-13(9)17/h1-8H,(H,18,19)/b12-7-. The first kappa shape index (κ1) is 11.9. The number of rotatable bonds is 1. The van der Waals surface area contributed by atoms with Crippen molar-refractivity contribution in [3.63, 3.8) is 0 Å². The van der Waals surface area contributed by atoms with E-state index in [4.69, 9.17) is 11.6 Å². The Morgan fingerprint density at radius 1 is 1.16 bits per heavy atom. The third kappa shape index (κ3) is 2.13. The summed E-state index contributed by atoms with van der Waals surface area (Å²) in [5, 5.41) is 3.26. The van der Waals surface area contributed by atoms with E-state index < -0.39 is 0 Å². The third-order valence-corrected chi connectivity index (χ3v) is 3.20. The Hall–Kier alpha value is -2.13. The number of carbonyl (C=O) groups is 1. The lowest BCUT2D eigenvalue weighted by atomic mass is 10.0. The van der Waals surface area contributed by atoms with Gasteiger partial charge in [-0.25, -0.2) is 4.39 Å². The van der Waals surface area contributed by atoms with Crippen LogP contribution < -0.4 is 5.32 Å². The second kappa shape index (κ2) is 4.52.